The Morgan fingerprint density at radius 1 is 0.946 bits per heavy atom. The van der Waals surface area contributed by atoms with Gasteiger partial charge in [0.25, 0.3) is 5.56 Å². The Morgan fingerprint density at radius 2 is 1.59 bits per heavy atom. The Kier molecular flexibility index (Phi) is 17.9. The van der Waals surface area contributed by atoms with Gasteiger partial charge in [0.05, 0.1) is 6.61 Å². The minimum absolute atomic E-state index is 0.00709. The van der Waals surface area contributed by atoms with Gasteiger partial charge in [-0.25, -0.2) is 18.8 Å². The van der Waals surface area contributed by atoms with Crippen molar-refractivity contribution in [1.82, 2.24) is 20.0 Å². The van der Waals surface area contributed by atoms with Gasteiger partial charge in [-0.2, -0.15) is 0 Å². The predicted octanol–water partition coefficient (Wildman–Crippen LogP) is 7.51. The molecule has 4 rings (SSSR count). The number of carbonyl (C=O) groups is 1. The molecule has 1 aromatic heterocycles. The molecule has 5 atom stereocenters. The minimum Gasteiger partial charge on any atom is -0.413 e. The maximum Gasteiger partial charge on any atom is 0.458 e. The molecule has 2 aromatic carbocycles. The molecule has 2 heterocycles. The molecule has 302 valence electrons. The van der Waals surface area contributed by atoms with E-state index in [0.29, 0.717) is 18.2 Å². The van der Waals surface area contributed by atoms with Crippen LogP contribution in [-0.4, -0.2) is 58.1 Å². The summed E-state index contributed by atoms with van der Waals surface area (Å²) in [4.78, 5) is 38.5. The molecule has 1 aliphatic rings. The highest BCUT2D eigenvalue weighted by molar-refractivity contribution is 7.52. The summed E-state index contributed by atoms with van der Waals surface area (Å²) in [6.07, 6.45) is 24.1. The van der Waals surface area contributed by atoms with Crippen LogP contribution in [-0.2, 0) is 18.6 Å². The van der Waals surface area contributed by atoms with Crippen LogP contribution < -0.4 is 26.2 Å². The third-order valence-electron chi connectivity index (χ3n) is 8.88. The van der Waals surface area contributed by atoms with Gasteiger partial charge in [-0.15, -0.1) is 0 Å². The Morgan fingerprint density at radius 3 is 2.27 bits per heavy atom. The average Bonchev–Trinajstić information content (AvgIpc) is 3.40. The van der Waals surface area contributed by atoms with E-state index in [1.54, 1.807) is 24.3 Å². The van der Waals surface area contributed by atoms with E-state index in [2.05, 4.69) is 78.1 Å². The maximum absolute atomic E-state index is 15.8. The number of aromatic nitrogens is 2. The molecule has 0 spiro atoms. The molecule has 1 amide bonds. The van der Waals surface area contributed by atoms with Gasteiger partial charge in [0, 0.05) is 37.2 Å². The smallest absolute Gasteiger partial charge is 0.413 e. The first-order chi connectivity index (χ1) is 27.0. The highest BCUT2D eigenvalue weighted by atomic mass is 31.2. The summed E-state index contributed by atoms with van der Waals surface area (Å²) in [7, 11) is -4.24. The first-order valence-corrected chi connectivity index (χ1v) is 20.6. The number of benzene rings is 2. The topological polar surface area (TPSA) is 161 Å². The number of aliphatic hydroxyl groups excluding tert-OH is 1. The van der Waals surface area contributed by atoms with Crippen LogP contribution in [0, 0.1) is 0 Å². The number of nitrogens with one attached hydrogen (secondary N) is 3. The van der Waals surface area contributed by atoms with E-state index >= 15 is 4.39 Å². The molecule has 1 saturated heterocycles. The predicted molar refractivity (Wildman–Crippen MR) is 218 cm³/mol. The second kappa shape index (κ2) is 22.8. The fraction of sp³-hybridized carbons (Fsp3) is 0.405. The molecule has 14 heteroatoms. The average molecular weight is 793 g/mol. The number of amides is 1. The summed E-state index contributed by atoms with van der Waals surface area (Å²) in [5, 5.41) is 17.9. The summed E-state index contributed by atoms with van der Waals surface area (Å²) in [6, 6.07) is 13.5. The van der Waals surface area contributed by atoms with E-state index in [9.17, 15) is 24.1 Å². The van der Waals surface area contributed by atoms with Crippen LogP contribution >= 0.6 is 7.75 Å². The van der Waals surface area contributed by atoms with E-state index in [-0.39, 0.29) is 24.7 Å². The van der Waals surface area contributed by atoms with Gasteiger partial charge in [0.1, 0.15) is 18.0 Å². The molecule has 1 unspecified atom stereocenters. The van der Waals surface area contributed by atoms with E-state index in [1.165, 1.54) is 0 Å². The molecule has 56 heavy (non-hydrogen) atoms. The van der Waals surface area contributed by atoms with Crippen molar-refractivity contribution in [2.24, 2.45) is 0 Å². The van der Waals surface area contributed by atoms with Gasteiger partial charge in [-0.3, -0.25) is 23.7 Å². The molecule has 0 bridgehead atoms. The summed E-state index contributed by atoms with van der Waals surface area (Å²) < 4.78 is 48.1. The number of halogens is 1. The number of hydrogen-bond acceptors (Lipinski definition) is 8. The fourth-order valence-corrected chi connectivity index (χ4v) is 7.23. The second-order valence-corrected chi connectivity index (χ2v) is 15.1. The molecular weight excluding hydrogens is 738 g/mol. The number of nitrogens with zero attached hydrogens (tertiary/aromatic N) is 1. The van der Waals surface area contributed by atoms with Crippen LogP contribution in [0.2, 0.25) is 0 Å². The third-order valence-corrected chi connectivity index (χ3v) is 10.4. The number of unbranched alkanes of at least 4 members (excludes halogenated alkanes) is 1. The van der Waals surface area contributed by atoms with Crippen molar-refractivity contribution >= 4 is 24.4 Å². The third kappa shape index (κ3) is 13.8. The second-order valence-electron chi connectivity index (χ2n) is 13.4. The summed E-state index contributed by atoms with van der Waals surface area (Å²) in [5.41, 5.74) is -4.09. The SMILES string of the molecule is CC/C=C\C/C=C\C/C=C\C/C=C\C/C=C\CCCC(=O)NCCNP(=O)(OC[C@H]1O[C@@H](n2ccc(=O)[nH]c2=O)[C@](C)(F)[C@@H]1O)Oc1cccc2ccccc12. The quantitative estimate of drug-likeness (QED) is 0.0433. The first kappa shape index (κ1) is 44.1. The summed E-state index contributed by atoms with van der Waals surface area (Å²) in [5.74, 6) is 0.0806. The van der Waals surface area contributed by atoms with Crippen molar-refractivity contribution in [3.05, 3.63) is 136 Å². The van der Waals surface area contributed by atoms with Crippen LogP contribution in [0.1, 0.15) is 71.4 Å². The fourth-order valence-electron chi connectivity index (χ4n) is 5.88. The molecule has 1 aliphatic heterocycles. The number of aromatic amines is 1. The Bertz CT molecular complexity index is 2020. The minimum atomic E-state index is -4.24. The maximum atomic E-state index is 15.8. The molecule has 3 aromatic rings. The number of hydrogen-bond donors (Lipinski definition) is 4. The molecule has 0 saturated carbocycles. The lowest BCUT2D eigenvalue weighted by Gasteiger charge is -2.25. The number of H-pyrrole nitrogens is 1. The number of aliphatic hydroxyl groups is 1. The van der Waals surface area contributed by atoms with Crippen LogP contribution in [0.4, 0.5) is 4.39 Å². The lowest BCUT2D eigenvalue weighted by atomic mass is 9.98. The first-order valence-electron chi connectivity index (χ1n) is 19.1. The number of alkyl halides is 1. The van der Waals surface area contributed by atoms with Crippen LogP contribution in [0.25, 0.3) is 10.8 Å². The van der Waals surface area contributed by atoms with Crippen LogP contribution in [0.3, 0.4) is 0 Å². The normalized spacial score (nSPS) is 21.3. The number of ether oxygens (including phenoxy) is 1. The zero-order valence-corrected chi connectivity index (χ0v) is 33.0. The standard InChI is InChI=1S/C42H54FN4O8P/c1-3-4-5-6-7-8-9-10-11-12-13-14-15-16-17-18-19-27-37(48)44-29-30-45-56(52,55-35-26-22-24-33-23-20-21-25-34(33)35)53-32-36-39(50)42(2,43)40(54-36)47-31-28-38(49)46-41(47)51/h4-5,7-8,10-11,13-14,16-17,20-26,28,31,36,39-40,50H,3,6,9,12,15,18-19,27,29-30,32H2,1-2H3,(H,44,48)(H,45,52)(H,46,49,51)/b5-4-,8-7-,11-10-,14-13-,17-16-/t36-,39-,40-,42-,56?/m1/s1. The number of rotatable bonds is 23. The van der Waals surface area contributed by atoms with E-state index < -0.39 is 49.7 Å². The van der Waals surface area contributed by atoms with Crippen molar-refractivity contribution in [1.29, 1.82) is 0 Å². The number of carbonyl (C=O) groups excluding carboxylic acids is 1. The van der Waals surface area contributed by atoms with E-state index in [1.807, 2.05) is 23.2 Å². The van der Waals surface area contributed by atoms with Gasteiger partial charge in [-0.1, -0.05) is 104 Å². The Balaban J connectivity index is 1.23. The van der Waals surface area contributed by atoms with Crippen molar-refractivity contribution in [2.75, 3.05) is 19.7 Å². The highest BCUT2D eigenvalue weighted by Gasteiger charge is 2.55. The number of fused-ring (bicyclic) bond motifs is 1. The molecule has 1 fully saturated rings. The summed E-state index contributed by atoms with van der Waals surface area (Å²) in [6.45, 7) is 2.69. The molecule has 4 N–H and O–H groups in total. The van der Waals surface area contributed by atoms with Crippen LogP contribution in [0.5, 0.6) is 5.75 Å². The lowest BCUT2D eigenvalue weighted by Crippen LogP contribution is -2.43. The monoisotopic (exact) mass is 792 g/mol. The molecule has 0 aliphatic carbocycles. The van der Waals surface area contributed by atoms with Gasteiger partial charge in [0.15, 0.2) is 11.9 Å². The van der Waals surface area contributed by atoms with Crippen molar-refractivity contribution < 1.29 is 32.6 Å². The Hall–Kier alpha value is -4.65. The Labute approximate surface area is 327 Å². The van der Waals surface area contributed by atoms with E-state index in [0.717, 1.165) is 67.7 Å². The van der Waals surface area contributed by atoms with Gasteiger partial charge in [-0.05, 0) is 63.3 Å². The highest BCUT2D eigenvalue weighted by Crippen LogP contribution is 2.48. The van der Waals surface area contributed by atoms with Gasteiger partial charge < -0.3 is 19.7 Å². The van der Waals surface area contributed by atoms with Crippen molar-refractivity contribution in [3.63, 3.8) is 0 Å². The van der Waals surface area contributed by atoms with Gasteiger partial charge >= 0.3 is 13.4 Å². The van der Waals surface area contributed by atoms with Gasteiger partial charge in [0.2, 0.25) is 5.91 Å². The zero-order chi connectivity index (χ0) is 40.2. The molecule has 12 nitrogen and oxygen atoms in total. The zero-order valence-electron chi connectivity index (χ0n) is 32.1. The number of allylic oxidation sites excluding steroid dienone is 10. The van der Waals surface area contributed by atoms with Crippen LogP contribution in [0.15, 0.2) is 125 Å². The molecule has 0 radical (unpaired) electrons. The largest absolute Gasteiger partial charge is 0.458 e. The molecular formula is C42H54FN4O8P. The van der Waals surface area contributed by atoms with Crippen molar-refractivity contribution in [3.8, 4) is 5.75 Å². The van der Waals surface area contributed by atoms with Crippen molar-refractivity contribution in [2.45, 2.75) is 89.3 Å². The summed E-state index contributed by atoms with van der Waals surface area (Å²) >= 11 is 0. The van der Waals surface area contributed by atoms with E-state index in [4.69, 9.17) is 13.8 Å². The lowest BCUT2D eigenvalue weighted by molar-refractivity contribution is -0.121.